The van der Waals surface area contributed by atoms with E-state index >= 15 is 0 Å². The van der Waals surface area contributed by atoms with Crippen molar-refractivity contribution in [2.24, 2.45) is 0 Å². The summed E-state index contributed by atoms with van der Waals surface area (Å²) in [5.41, 5.74) is 1.79. The number of nitriles is 1. The van der Waals surface area contributed by atoms with Crippen molar-refractivity contribution in [3.05, 3.63) is 47.5 Å². The van der Waals surface area contributed by atoms with Crippen LogP contribution in [0.25, 0.3) is 0 Å². The number of ether oxygens (including phenoxy) is 3. The van der Waals surface area contributed by atoms with Crippen molar-refractivity contribution in [1.29, 1.82) is 5.26 Å². The molecule has 0 aromatic heterocycles. The van der Waals surface area contributed by atoms with E-state index in [0.717, 1.165) is 0 Å². The summed E-state index contributed by atoms with van der Waals surface area (Å²) in [6, 6.07) is 11.5. The topological polar surface area (TPSA) is 110 Å². The van der Waals surface area contributed by atoms with Gasteiger partial charge in [0.05, 0.1) is 33.3 Å². The van der Waals surface area contributed by atoms with Crippen molar-refractivity contribution in [3.8, 4) is 23.3 Å². The molecular weight excluding hydrogens is 374 g/mol. The number of nitrogens with one attached hydrogen (secondary N) is 2. The van der Waals surface area contributed by atoms with Crippen molar-refractivity contribution in [3.63, 3.8) is 0 Å². The summed E-state index contributed by atoms with van der Waals surface area (Å²) < 4.78 is 15.9. The van der Waals surface area contributed by atoms with Gasteiger partial charge in [-0.1, -0.05) is 18.2 Å². The van der Waals surface area contributed by atoms with Gasteiger partial charge >= 0.3 is 0 Å². The number of hydrogen-bond donors (Lipinski definition) is 2. The molecule has 0 bridgehead atoms. The second kappa shape index (κ2) is 8.52. The first-order valence-corrected chi connectivity index (χ1v) is 8.91. The molecule has 29 heavy (non-hydrogen) atoms. The van der Waals surface area contributed by atoms with Crippen molar-refractivity contribution in [2.75, 3.05) is 26.6 Å². The Morgan fingerprint density at radius 2 is 1.83 bits per heavy atom. The Hall–Kier alpha value is -3.73. The summed E-state index contributed by atoms with van der Waals surface area (Å²) in [6.07, 6.45) is 0.0102. The second-order valence-electron chi connectivity index (χ2n) is 6.42. The number of fused-ring (bicyclic) bond motifs is 1. The molecule has 1 aliphatic rings. The molecule has 0 radical (unpaired) electrons. The predicted molar refractivity (Wildman–Crippen MR) is 105 cm³/mol. The number of nitrogens with zero attached hydrogens (tertiary/aromatic N) is 1. The lowest BCUT2D eigenvalue weighted by atomic mass is 9.89. The number of benzene rings is 2. The van der Waals surface area contributed by atoms with Gasteiger partial charge in [0.25, 0.3) is 0 Å². The standard InChI is InChI=1S/C21H21N3O5/c1-27-17-8-12(9-18(28-2)20(17)29-3)16(11-22)24-21(26)14-10-19(25)23-15-7-5-4-6-13(14)15/h4-9,14,16H,10H2,1-3H3,(H,23,25)(H,24,26). The zero-order valence-corrected chi connectivity index (χ0v) is 16.3. The molecule has 2 aromatic carbocycles. The van der Waals surface area contributed by atoms with Crippen molar-refractivity contribution < 1.29 is 23.8 Å². The Morgan fingerprint density at radius 1 is 1.17 bits per heavy atom. The number of rotatable bonds is 6. The Labute approximate surface area is 168 Å². The van der Waals surface area contributed by atoms with Gasteiger partial charge in [0.1, 0.15) is 6.04 Å². The molecule has 0 fully saturated rings. The van der Waals surface area contributed by atoms with E-state index in [1.165, 1.54) is 21.3 Å². The molecule has 8 heteroatoms. The second-order valence-corrected chi connectivity index (χ2v) is 6.42. The molecule has 1 aliphatic heterocycles. The van der Waals surface area contributed by atoms with Crippen LogP contribution in [-0.2, 0) is 9.59 Å². The molecule has 3 rings (SSSR count). The van der Waals surface area contributed by atoms with Crippen LogP contribution in [0.2, 0.25) is 0 Å². The van der Waals surface area contributed by atoms with Crippen LogP contribution in [0.3, 0.4) is 0 Å². The number of anilines is 1. The van der Waals surface area contributed by atoms with E-state index in [1.54, 1.807) is 36.4 Å². The summed E-state index contributed by atoms with van der Waals surface area (Å²) in [5.74, 6) is -0.201. The number of amides is 2. The fourth-order valence-electron chi connectivity index (χ4n) is 3.35. The molecule has 0 saturated carbocycles. The summed E-state index contributed by atoms with van der Waals surface area (Å²) in [6.45, 7) is 0. The van der Waals surface area contributed by atoms with Gasteiger partial charge in [-0.05, 0) is 29.3 Å². The van der Waals surface area contributed by atoms with Crippen LogP contribution < -0.4 is 24.8 Å². The van der Waals surface area contributed by atoms with Crippen LogP contribution in [0.15, 0.2) is 36.4 Å². The fourth-order valence-corrected chi connectivity index (χ4v) is 3.35. The summed E-state index contributed by atoms with van der Waals surface area (Å²) in [5, 5.41) is 15.1. The van der Waals surface area contributed by atoms with Crippen molar-refractivity contribution >= 4 is 17.5 Å². The van der Waals surface area contributed by atoms with Gasteiger partial charge in [0.15, 0.2) is 11.5 Å². The Morgan fingerprint density at radius 3 is 2.41 bits per heavy atom. The molecule has 2 unspecified atom stereocenters. The van der Waals surface area contributed by atoms with Gasteiger partial charge < -0.3 is 24.8 Å². The molecule has 0 aliphatic carbocycles. The Bertz CT molecular complexity index is 958. The summed E-state index contributed by atoms with van der Waals surface area (Å²) in [4.78, 5) is 25.0. The fraction of sp³-hybridized carbons (Fsp3) is 0.286. The van der Waals surface area contributed by atoms with Gasteiger partial charge in [-0.25, -0.2) is 0 Å². The van der Waals surface area contributed by atoms with Gasteiger partial charge in [-0.3, -0.25) is 9.59 Å². The molecule has 0 saturated heterocycles. The van der Waals surface area contributed by atoms with Crippen LogP contribution in [0.5, 0.6) is 17.2 Å². The number of carbonyl (C=O) groups is 2. The molecule has 2 aromatic rings. The highest BCUT2D eigenvalue weighted by Gasteiger charge is 2.32. The first kappa shape index (κ1) is 20.0. The average Bonchev–Trinajstić information content (AvgIpc) is 2.75. The Kier molecular flexibility index (Phi) is 5.88. The van der Waals surface area contributed by atoms with Crippen LogP contribution in [0, 0.1) is 11.3 Å². The molecule has 150 valence electrons. The third kappa shape index (κ3) is 3.94. The third-order valence-corrected chi connectivity index (χ3v) is 4.75. The van der Waals surface area contributed by atoms with E-state index in [1.807, 2.05) is 0 Å². The highest BCUT2D eigenvalue weighted by atomic mass is 16.5. The van der Waals surface area contributed by atoms with Crippen LogP contribution in [0.4, 0.5) is 5.69 Å². The average molecular weight is 395 g/mol. The Balaban J connectivity index is 1.90. The minimum Gasteiger partial charge on any atom is -0.493 e. The zero-order valence-electron chi connectivity index (χ0n) is 16.3. The summed E-state index contributed by atoms with van der Waals surface area (Å²) in [7, 11) is 4.42. The van der Waals surface area contributed by atoms with E-state index in [-0.39, 0.29) is 12.3 Å². The molecule has 1 heterocycles. The maximum atomic E-state index is 13.0. The first-order valence-electron chi connectivity index (χ1n) is 8.91. The highest BCUT2D eigenvalue weighted by Crippen LogP contribution is 2.40. The minimum atomic E-state index is -0.964. The number of hydrogen-bond acceptors (Lipinski definition) is 6. The van der Waals surface area contributed by atoms with E-state index in [0.29, 0.717) is 34.1 Å². The molecule has 8 nitrogen and oxygen atoms in total. The predicted octanol–water partition coefficient (Wildman–Crippen LogP) is 2.52. The smallest absolute Gasteiger partial charge is 0.229 e. The first-order chi connectivity index (χ1) is 14.0. The van der Waals surface area contributed by atoms with Gasteiger partial charge in [-0.2, -0.15) is 5.26 Å². The highest BCUT2D eigenvalue weighted by molar-refractivity contribution is 6.01. The van der Waals surface area contributed by atoms with E-state index in [9.17, 15) is 14.9 Å². The van der Waals surface area contributed by atoms with Crippen molar-refractivity contribution in [1.82, 2.24) is 5.32 Å². The van der Waals surface area contributed by atoms with Crippen LogP contribution in [-0.4, -0.2) is 33.1 Å². The van der Waals surface area contributed by atoms with Gasteiger partial charge in [0.2, 0.25) is 17.6 Å². The number of para-hydroxylation sites is 1. The number of methoxy groups -OCH3 is 3. The minimum absolute atomic E-state index is 0.0102. The largest absolute Gasteiger partial charge is 0.493 e. The molecule has 2 amide bonds. The van der Waals surface area contributed by atoms with Crippen LogP contribution in [0.1, 0.15) is 29.5 Å². The molecule has 2 atom stereocenters. The molecular formula is C21H21N3O5. The normalized spacial score (nSPS) is 15.9. The zero-order chi connectivity index (χ0) is 21.0. The third-order valence-electron chi connectivity index (χ3n) is 4.75. The summed E-state index contributed by atoms with van der Waals surface area (Å²) >= 11 is 0. The molecule has 2 N–H and O–H groups in total. The maximum absolute atomic E-state index is 13.0. The monoisotopic (exact) mass is 395 g/mol. The van der Waals surface area contributed by atoms with E-state index in [4.69, 9.17) is 14.2 Å². The lowest BCUT2D eigenvalue weighted by molar-refractivity contribution is -0.126. The lowest BCUT2D eigenvalue weighted by Crippen LogP contribution is -2.36. The van der Waals surface area contributed by atoms with E-state index < -0.39 is 17.9 Å². The lowest BCUT2D eigenvalue weighted by Gasteiger charge is -2.26. The van der Waals surface area contributed by atoms with Gasteiger partial charge in [0, 0.05) is 12.1 Å². The SMILES string of the molecule is COc1cc(C(C#N)NC(=O)C2CC(=O)Nc3ccccc32)cc(OC)c1OC. The quantitative estimate of drug-likeness (QED) is 0.778. The van der Waals surface area contributed by atoms with Gasteiger partial charge in [-0.15, -0.1) is 0 Å². The maximum Gasteiger partial charge on any atom is 0.229 e. The molecule has 0 spiro atoms. The van der Waals surface area contributed by atoms with E-state index in [2.05, 4.69) is 16.7 Å². The van der Waals surface area contributed by atoms with Crippen LogP contribution >= 0.6 is 0 Å². The number of carbonyl (C=O) groups excluding carboxylic acids is 2. The van der Waals surface area contributed by atoms with Crippen molar-refractivity contribution in [2.45, 2.75) is 18.4 Å².